The van der Waals surface area contributed by atoms with Crippen molar-refractivity contribution in [2.24, 2.45) is 44.4 Å². The van der Waals surface area contributed by atoms with Crippen molar-refractivity contribution in [3.05, 3.63) is 0 Å². The van der Waals surface area contributed by atoms with Crippen molar-refractivity contribution in [3.8, 4) is 0 Å². The predicted molar refractivity (Wildman–Crippen MR) is 356 cm³/mol. The number of Topliss-reactive ketones (excluding diaryl/α,β-unsaturated/α-hetero) is 1. The van der Waals surface area contributed by atoms with Crippen molar-refractivity contribution < 1.29 is 78.0 Å². The van der Waals surface area contributed by atoms with Crippen molar-refractivity contribution >= 4 is 82.9 Å². The number of aliphatic hydroxyl groups excluding tert-OH is 1. The molecule has 9 unspecified atom stereocenters. The molecule has 0 aliphatic heterocycles. The van der Waals surface area contributed by atoms with Crippen LogP contribution in [0, 0.1) is 0 Å². The molecule has 0 aromatic rings. The highest BCUT2D eigenvalue weighted by Gasteiger charge is 2.34. The summed E-state index contributed by atoms with van der Waals surface area (Å²) in [7, 11) is 0. The predicted octanol–water partition coefficient (Wildman–Crippen LogP) is -2.37. The number of carboxylic acid groups (broad SMARTS) is 3. The first-order valence-electron chi connectivity index (χ1n) is 33.3. The van der Waals surface area contributed by atoms with Gasteiger partial charge in [-0.3, -0.25) is 67.5 Å². The summed E-state index contributed by atoms with van der Waals surface area (Å²) in [6, 6.07) is -12.3. The molecule has 0 bridgehead atoms. The smallest absolute Gasteiger partial charge is 0.305 e. The molecule has 0 saturated heterocycles. The number of nitrogens with two attached hydrogens (primary N) is 6. The number of ketones is 1. The summed E-state index contributed by atoms with van der Waals surface area (Å²) >= 11 is 0. The van der Waals surface area contributed by atoms with Crippen LogP contribution in [0.15, 0.2) is 9.98 Å². The van der Waals surface area contributed by atoms with Gasteiger partial charge < -0.3 is 108 Å². The number of nitrogens with one attached hydrogen (secondary N) is 10. The highest BCUT2D eigenvalue weighted by molar-refractivity contribution is 5.97. The van der Waals surface area contributed by atoms with E-state index < -0.39 is 151 Å². The van der Waals surface area contributed by atoms with E-state index in [1.54, 1.807) is 0 Å². The van der Waals surface area contributed by atoms with E-state index in [9.17, 15) is 72.9 Å². The number of carbonyl (C=O) groups excluding carboxylic acids is 9. The first-order chi connectivity index (χ1) is 45.2. The third-order valence-corrected chi connectivity index (χ3v) is 15.3. The summed E-state index contributed by atoms with van der Waals surface area (Å²) in [4.78, 5) is 166. The lowest BCUT2D eigenvalue weighted by atomic mass is 10.0. The fourth-order valence-electron chi connectivity index (χ4n) is 9.81. The van der Waals surface area contributed by atoms with Gasteiger partial charge in [0.1, 0.15) is 36.3 Å². The number of aliphatic carboxylic acids is 3. The lowest BCUT2D eigenvalue weighted by Gasteiger charge is -2.28. The molecular formula is C61H114N18O16. The van der Waals surface area contributed by atoms with Gasteiger partial charge in [-0.05, 0) is 97.6 Å². The van der Waals surface area contributed by atoms with Crippen molar-refractivity contribution in [3.63, 3.8) is 0 Å². The number of rotatable bonds is 59. The largest absolute Gasteiger partial charge is 0.481 e. The minimum Gasteiger partial charge on any atom is -0.481 e. The Morgan fingerprint density at radius 2 is 0.842 bits per heavy atom. The average molecular weight is 1360 g/mol. The van der Waals surface area contributed by atoms with Crippen molar-refractivity contribution in [2.75, 3.05) is 46.0 Å². The molecule has 9 atom stereocenters. The number of unbranched alkanes of at least 4 members (excludes halogenated alkanes) is 13. The van der Waals surface area contributed by atoms with Crippen LogP contribution in [0.25, 0.3) is 0 Å². The third-order valence-electron chi connectivity index (χ3n) is 15.3. The fourth-order valence-corrected chi connectivity index (χ4v) is 9.81. The Morgan fingerprint density at radius 3 is 1.29 bits per heavy atom. The molecule has 0 saturated carbocycles. The van der Waals surface area contributed by atoms with E-state index in [4.69, 9.17) is 39.5 Å². The summed E-state index contributed by atoms with van der Waals surface area (Å²) in [6.07, 6.45) is 13.1. The first-order valence-corrected chi connectivity index (χ1v) is 33.3. The van der Waals surface area contributed by atoms with E-state index in [1.807, 2.05) is 0 Å². The lowest BCUT2D eigenvalue weighted by Crippen LogP contribution is -2.60. The molecule has 0 fully saturated rings. The van der Waals surface area contributed by atoms with Gasteiger partial charge in [-0.15, -0.1) is 0 Å². The number of guanidine groups is 2. The van der Waals surface area contributed by atoms with Crippen LogP contribution in [0.3, 0.4) is 0 Å². The Hall–Kier alpha value is -7.82. The number of nitrogens with zero attached hydrogens (tertiary/aromatic N) is 2. The molecule has 0 aliphatic carbocycles. The fraction of sp³-hybridized carbons (Fsp3) is 0.770. The first kappa shape index (κ1) is 87.2. The molecule has 0 aromatic carbocycles. The van der Waals surface area contributed by atoms with Crippen LogP contribution >= 0.6 is 0 Å². The molecular weight excluding hydrogens is 1240 g/mol. The Kier molecular flexibility index (Phi) is 49.0. The molecule has 0 heterocycles. The standard InChI is InChI=1S/C61H114N18O16/c1-4-5-6-7-8-9-10-11-12-13-14-15-16-26-49(82)74-46(28-30-51(85)86)58(94)76-43(24-20-33-69-60(64)65)55(91)73-41(27-29-50(83)84)36-71-42(22-17-18-31-62)54(90)75-45(25-21-34-70-61(66)67)56(92)77-44(23-19-32-68-38-63)57(93)79-48(37-80)59(95)72-39(2)53(89)78-47(40(3)81)35-52(87)88/h39,41-48,68,71,80H,4-38,62-63H2,1-3H3,(H,72,95)(H,73,91)(H,74,82)(H,75,90)(H,76,94)(H,77,92)(H,78,89)(H,79,93)(H,83,84)(H,85,86)(H,87,88)(H4,64,65,69)(H4,66,67,70). The van der Waals surface area contributed by atoms with Crippen LogP contribution in [0.4, 0.5) is 0 Å². The highest BCUT2D eigenvalue weighted by atomic mass is 16.4. The van der Waals surface area contributed by atoms with E-state index >= 15 is 0 Å². The van der Waals surface area contributed by atoms with E-state index in [1.165, 1.54) is 51.9 Å². The van der Waals surface area contributed by atoms with Gasteiger partial charge in [0.2, 0.25) is 47.3 Å². The van der Waals surface area contributed by atoms with E-state index in [0.717, 1.165) is 39.0 Å². The van der Waals surface area contributed by atoms with Gasteiger partial charge >= 0.3 is 17.9 Å². The number of hydrogen-bond donors (Lipinski definition) is 20. The Labute approximate surface area is 557 Å². The molecule has 544 valence electrons. The number of aliphatic imine (C=N–C) groups is 2. The Morgan fingerprint density at radius 1 is 0.421 bits per heavy atom. The molecule has 0 aromatic heterocycles. The number of amides is 8. The number of carboxylic acids is 3. The molecule has 26 N–H and O–H groups in total. The van der Waals surface area contributed by atoms with Gasteiger partial charge in [0.05, 0.1) is 25.1 Å². The summed E-state index contributed by atoms with van der Waals surface area (Å²) < 4.78 is 0. The van der Waals surface area contributed by atoms with Gasteiger partial charge in [-0.2, -0.15) is 0 Å². The van der Waals surface area contributed by atoms with Crippen LogP contribution in [0.2, 0.25) is 0 Å². The van der Waals surface area contributed by atoms with Gasteiger partial charge in [-0.1, -0.05) is 90.4 Å². The summed E-state index contributed by atoms with van der Waals surface area (Å²) in [6.45, 7) is 3.75. The summed E-state index contributed by atoms with van der Waals surface area (Å²) in [5.74, 6) is -11.8. The maximum Gasteiger partial charge on any atom is 0.305 e. The van der Waals surface area contributed by atoms with Crippen LogP contribution in [0.1, 0.15) is 201 Å². The number of carbonyl (C=O) groups is 12. The van der Waals surface area contributed by atoms with Gasteiger partial charge in [-0.25, -0.2) is 0 Å². The summed E-state index contributed by atoms with van der Waals surface area (Å²) in [5, 5.41) is 65.0. The molecule has 95 heavy (non-hydrogen) atoms. The zero-order valence-corrected chi connectivity index (χ0v) is 56.0. The molecule has 0 spiro atoms. The molecule has 0 radical (unpaired) electrons. The Balaban J connectivity index is 6.78. The minimum atomic E-state index is -1.72. The minimum absolute atomic E-state index is 0.00854. The molecule has 34 heteroatoms. The topological polar surface area (TPSA) is 587 Å². The summed E-state index contributed by atoms with van der Waals surface area (Å²) in [5.41, 5.74) is 33.6. The lowest BCUT2D eigenvalue weighted by molar-refractivity contribution is -0.140. The maximum atomic E-state index is 14.5. The molecule has 0 aliphatic rings. The normalized spacial score (nSPS) is 13.9. The van der Waals surface area contributed by atoms with Gasteiger partial charge in [0.15, 0.2) is 17.7 Å². The zero-order valence-electron chi connectivity index (χ0n) is 56.0. The number of aliphatic hydroxyl groups is 1. The van der Waals surface area contributed by atoms with Gasteiger partial charge in [0, 0.05) is 51.6 Å². The van der Waals surface area contributed by atoms with E-state index in [-0.39, 0.29) is 116 Å². The van der Waals surface area contributed by atoms with Crippen LogP contribution < -0.4 is 87.6 Å². The van der Waals surface area contributed by atoms with Crippen molar-refractivity contribution in [1.82, 2.24) is 53.2 Å². The average Bonchev–Trinajstić information content (AvgIpc) is 0.950. The quantitative estimate of drug-likeness (QED) is 0.0131. The molecule has 8 amide bonds. The van der Waals surface area contributed by atoms with Gasteiger partial charge in [0.25, 0.3) is 0 Å². The third kappa shape index (κ3) is 44.5. The second-order valence-corrected chi connectivity index (χ2v) is 23.6. The zero-order chi connectivity index (χ0) is 71.5. The van der Waals surface area contributed by atoms with Crippen LogP contribution in [-0.2, 0) is 57.5 Å². The van der Waals surface area contributed by atoms with Crippen molar-refractivity contribution in [2.45, 2.75) is 255 Å². The van der Waals surface area contributed by atoms with Crippen molar-refractivity contribution in [1.29, 1.82) is 0 Å². The van der Waals surface area contributed by atoms with E-state index in [2.05, 4.69) is 70.1 Å². The van der Waals surface area contributed by atoms with E-state index in [0.29, 0.717) is 19.3 Å². The molecule has 0 rings (SSSR count). The van der Waals surface area contributed by atoms with Crippen LogP contribution in [0.5, 0.6) is 0 Å². The monoisotopic (exact) mass is 1350 g/mol. The van der Waals surface area contributed by atoms with Crippen LogP contribution in [-0.4, -0.2) is 204 Å². The second-order valence-electron chi connectivity index (χ2n) is 23.6. The molecule has 34 nitrogen and oxygen atoms in total. The number of hydrogen-bond acceptors (Lipinski definition) is 19. The maximum absolute atomic E-state index is 14.5. The SMILES string of the molecule is CCCCCCCCCCCCCCCC(=O)NC(CCC(=O)O)C(=O)NC(CCCN=C(N)N)C(=O)NC(CCC(=O)O)CNC(CCCCN)C(=O)NC(CCCN=C(N)N)C(=O)NC(CCCNCN)C(=O)NC(CO)C(=O)NC(C)C(=O)NC(CC(=O)O)C(C)=O. The Bertz CT molecular complexity index is 2400. The second kappa shape index (κ2) is 53.4. The highest BCUT2D eigenvalue weighted by Crippen LogP contribution is 2.15.